The van der Waals surface area contributed by atoms with Crippen molar-refractivity contribution in [1.29, 1.82) is 0 Å². The number of nitrogens with zero attached hydrogens (tertiary/aromatic N) is 1. The Bertz CT molecular complexity index is 1060. The average Bonchev–Trinajstić information content (AvgIpc) is 3.19. The van der Waals surface area contributed by atoms with Crippen molar-refractivity contribution in [1.82, 2.24) is 4.90 Å². The summed E-state index contributed by atoms with van der Waals surface area (Å²) >= 11 is 5.49. The highest BCUT2D eigenvalue weighted by Gasteiger charge is 2.33. The number of ether oxygens (including phenoxy) is 2. The maximum atomic E-state index is 11.5. The van der Waals surface area contributed by atoms with Crippen molar-refractivity contribution in [3.05, 3.63) is 57.4 Å². The van der Waals surface area contributed by atoms with Crippen molar-refractivity contribution < 1.29 is 19.4 Å². The molecule has 158 valence electrons. The molecule has 1 aliphatic rings. The van der Waals surface area contributed by atoms with Crippen LogP contribution in [0.2, 0.25) is 0 Å². The van der Waals surface area contributed by atoms with E-state index in [2.05, 4.69) is 50.5 Å². The van der Waals surface area contributed by atoms with Gasteiger partial charge in [0.15, 0.2) is 11.5 Å². The predicted molar refractivity (Wildman–Crippen MR) is 123 cm³/mol. The molecule has 1 fully saturated rings. The van der Waals surface area contributed by atoms with Gasteiger partial charge in [0.2, 0.25) is 0 Å². The number of piperidine rings is 1. The minimum atomic E-state index is -0.695. The number of likely N-dealkylation sites (tertiary alicyclic amines) is 1. The Morgan fingerprint density at radius 2 is 1.80 bits per heavy atom. The van der Waals surface area contributed by atoms with Crippen molar-refractivity contribution in [3.63, 3.8) is 0 Å². The molecule has 2 aromatic carbocycles. The number of aliphatic carboxylic acids is 1. The standard InChI is InChI=1S/C23H24BrNO4S/c1-28-19-11-16(18(24)12-20(19)29-2)22(25-9-7-14(8-10-25)23(26)27)17-13-30-21-6-4-3-5-15(17)21/h3-6,11-14,22H,7-10H2,1-2H3,(H,26,27). The van der Waals surface area contributed by atoms with Crippen LogP contribution in [0.3, 0.4) is 0 Å². The Labute approximate surface area is 188 Å². The van der Waals surface area contributed by atoms with E-state index in [1.54, 1.807) is 25.6 Å². The Morgan fingerprint density at radius 1 is 1.13 bits per heavy atom. The molecular formula is C23H24BrNO4S. The topological polar surface area (TPSA) is 59.0 Å². The maximum Gasteiger partial charge on any atom is 0.306 e. The van der Waals surface area contributed by atoms with Crippen LogP contribution in [0.1, 0.15) is 30.0 Å². The smallest absolute Gasteiger partial charge is 0.306 e. The van der Waals surface area contributed by atoms with Crippen molar-refractivity contribution >= 4 is 43.3 Å². The van der Waals surface area contributed by atoms with Crippen LogP contribution in [0.4, 0.5) is 0 Å². The monoisotopic (exact) mass is 489 g/mol. The van der Waals surface area contributed by atoms with Crippen molar-refractivity contribution in [2.24, 2.45) is 5.92 Å². The van der Waals surface area contributed by atoms with Gasteiger partial charge in [-0.3, -0.25) is 9.69 Å². The molecule has 7 heteroatoms. The first kappa shape index (κ1) is 21.2. The number of methoxy groups -OCH3 is 2. The van der Waals surface area contributed by atoms with Crippen LogP contribution in [0.15, 0.2) is 46.3 Å². The second kappa shape index (κ2) is 8.96. The molecule has 2 heterocycles. The van der Waals surface area contributed by atoms with Gasteiger partial charge < -0.3 is 14.6 Å². The van der Waals surface area contributed by atoms with Crippen LogP contribution in [-0.4, -0.2) is 43.3 Å². The van der Waals surface area contributed by atoms with E-state index in [-0.39, 0.29) is 12.0 Å². The van der Waals surface area contributed by atoms with E-state index in [1.165, 1.54) is 15.6 Å². The van der Waals surface area contributed by atoms with Crippen molar-refractivity contribution in [2.75, 3.05) is 27.3 Å². The van der Waals surface area contributed by atoms with E-state index in [0.29, 0.717) is 24.3 Å². The molecule has 3 aromatic rings. The molecule has 5 nitrogen and oxygen atoms in total. The third kappa shape index (κ3) is 3.94. The zero-order valence-corrected chi connectivity index (χ0v) is 19.3. The van der Waals surface area contributed by atoms with Crippen LogP contribution >= 0.6 is 27.3 Å². The molecule has 4 rings (SSSR count). The fourth-order valence-corrected chi connectivity index (χ4v) is 5.77. The van der Waals surface area contributed by atoms with Crippen LogP contribution in [0.25, 0.3) is 10.1 Å². The van der Waals surface area contributed by atoms with Crippen LogP contribution in [0, 0.1) is 5.92 Å². The Morgan fingerprint density at radius 3 is 2.47 bits per heavy atom. The number of hydrogen-bond donors (Lipinski definition) is 1. The number of carboxylic acid groups (broad SMARTS) is 1. The summed E-state index contributed by atoms with van der Waals surface area (Å²) in [6.45, 7) is 1.46. The first-order chi connectivity index (χ1) is 14.5. The van der Waals surface area contributed by atoms with Gasteiger partial charge >= 0.3 is 5.97 Å². The lowest BCUT2D eigenvalue weighted by Gasteiger charge is -2.37. The minimum Gasteiger partial charge on any atom is -0.493 e. The largest absolute Gasteiger partial charge is 0.493 e. The van der Waals surface area contributed by atoms with Gasteiger partial charge in [0.05, 0.1) is 26.2 Å². The quantitative estimate of drug-likeness (QED) is 0.490. The third-order valence-electron chi connectivity index (χ3n) is 5.85. The molecule has 0 amide bonds. The summed E-state index contributed by atoms with van der Waals surface area (Å²) in [5.74, 6) is 0.390. The summed E-state index contributed by atoms with van der Waals surface area (Å²) in [6.07, 6.45) is 1.30. The molecule has 0 saturated carbocycles. The van der Waals surface area contributed by atoms with Gasteiger partial charge in [0, 0.05) is 9.17 Å². The Kier molecular flexibility index (Phi) is 6.32. The molecule has 1 atom stereocenters. The van der Waals surface area contributed by atoms with Gasteiger partial charge in [0.1, 0.15) is 0 Å². The Hall–Kier alpha value is -2.09. The molecule has 1 saturated heterocycles. The number of fused-ring (bicyclic) bond motifs is 1. The molecule has 1 aromatic heterocycles. The number of halogens is 1. The van der Waals surface area contributed by atoms with Gasteiger partial charge in [0.25, 0.3) is 0 Å². The molecule has 0 aliphatic carbocycles. The van der Waals surface area contributed by atoms with E-state index in [4.69, 9.17) is 9.47 Å². The second-order valence-corrected chi connectivity index (χ2v) is 9.23. The molecular weight excluding hydrogens is 466 g/mol. The number of hydrogen-bond acceptors (Lipinski definition) is 5. The average molecular weight is 490 g/mol. The lowest BCUT2D eigenvalue weighted by atomic mass is 9.91. The fraction of sp³-hybridized carbons (Fsp3) is 0.348. The summed E-state index contributed by atoms with van der Waals surface area (Å²) in [4.78, 5) is 13.8. The number of thiophene rings is 1. The molecule has 1 aliphatic heterocycles. The number of carbonyl (C=O) groups is 1. The highest BCUT2D eigenvalue weighted by atomic mass is 79.9. The first-order valence-corrected chi connectivity index (χ1v) is 11.5. The van der Waals surface area contributed by atoms with E-state index < -0.39 is 5.97 Å². The molecule has 1 N–H and O–H groups in total. The lowest BCUT2D eigenvalue weighted by Crippen LogP contribution is -2.39. The van der Waals surface area contributed by atoms with E-state index in [9.17, 15) is 9.90 Å². The van der Waals surface area contributed by atoms with Gasteiger partial charge in [-0.05, 0) is 66.0 Å². The van der Waals surface area contributed by atoms with Gasteiger partial charge in [-0.15, -0.1) is 11.3 Å². The number of carboxylic acids is 1. The van der Waals surface area contributed by atoms with Crippen LogP contribution < -0.4 is 9.47 Å². The predicted octanol–water partition coefficient (Wildman–Crippen LogP) is 5.57. The van der Waals surface area contributed by atoms with Crippen molar-refractivity contribution in [2.45, 2.75) is 18.9 Å². The first-order valence-electron chi connectivity index (χ1n) is 9.88. The third-order valence-corrected chi connectivity index (χ3v) is 7.52. The molecule has 0 spiro atoms. The normalized spacial score (nSPS) is 16.5. The van der Waals surface area contributed by atoms with E-state index in [0.717, 1.165) is 23.1 Å². The molecule has 0 radical (unpaired) electrons. The maximum absolute atomic E-state index is 11.5. The highest BCUT2D eigenvalue weighted by molar-refractivity contribution is 9.10. The van der Waals surface area contributed by atoms with E-state index in [1.807, 2.05) is 12.1 Å². The SMILES string of the molecule is COc1cc(Br)c(C(c2csc3ccccc23)N2CCC(C(=O)O)CC2)cc1OC. The zero-order valence-electron chi connectivity index (χ0n) is 16.9. The summed E-state index contributed by atoms with van der Waals surface area (Å²) in [6, 6.07) is 12.4. The number of rotatable bonds is 6. The second-order valence-electron chi connectivity index (χ2n) is 7.47. The van der Waals surface area contributed by atoms with Gasteiger partial charge in [-0.2, -0.15) is 0 Å². The molecule has 0 bridgehead atoms. The minimum absolute atomic E-state index is 0.00919. The fourth-order valence-electron chi connectivity index (χ4n) is 4.26. The summed E-state index contributed by atoms with van der Waals surface area (Å²) in [7, 11) is 3.27. The van der Waals surface area contributed by atoms with Gasteiger partial charge in [-0.1, -0.05) is 34.1 Å². The summed E-state index contributed by atoms with van der Waals surface area (Å²) in [5.41, 5.74) is 2.32. The summed E-state index contributed by atoms with van der Waals surface area (Å²) in [5, 5.41) is 12.9. The highest BCUT2D eigenvalue weighted by Crippen LogP contribution is 2.44. The number of benzene rings is 2. The Balaban J connectivity index is 1.82. The zero-order chi connectivity index (χ0) is 21.3. The van der Waals surface area contributed by atoms with Gasteiger partial charge in [-0.25, -0.2) is 0 Å². The van der Waals surface area contributed by atoms with Crippen molar-refractivity contribution in [3.8, 4) is 11.5 Å². The van der Waals surface area contributed by atoms with Crippen LogP contribution in [0.5, 0.6) is 11.5 Å². The molecule has 30 heavy (non-hydrogen) atoms. The summed E-state index contributed by atoms with van der Waals surface area (Å²) < 4.78 is 13.2. The van der Waals surface area contributed by atoms with Crippen LogP contribution in [-0.2, 0) is 4.79 Å². The lowest BCUT2D eigenvalue weighted by molar-refractivity contribution is -0.143. The molecule has 1 unspecified atom stereocenters. The van der Waals surface area contributed by atoms with E-state index >= 15 is 0 Å².